The lowest BCUT2D eigenvalue weighted by Crippen LogP contribution is -2.35. The zero-order valence-electron chi connectivity index (χ0n) is 18.4. The molecule has 0 atom stereocenters. The average Bonchev–Trinajstić information content (AvgIpc) is 3.39. The number of aromatic nitrogens is 1. The molecule has 1 N–H and O–H groups in total. The molecule has 5 rings (SSSR count). The predicted molar refractivity (Wildman–Crippen MR) is 134 cm³/mol. The normalized spacial score (nSPS) is 16.9. The second-order valence-corrected chi connectivity index (χ2v) is 9.22. The molecule has 2 aromatic carbocycles. The number of para-hydroxylation sites is 2. The van der Waals surface area contributed by atoms with Crippen LogP contribution in [0, 0.1) is 21.4 Å². The molecule has 2 aliphatic rings. The zero-order chi connectivity index (χ0) is 24.0. The van der Waals surface area contributed by atoms with E-state index in [0.717, 1.165) is 21.5 Å². The van der Waals surface area contributed by atoms with Gasteiger partial charge in [-0.25, -0.2) is 0 Å². The highest BCUT2D eigenvalue weighted by atomic mass is 32.2. The zero-order valence-corrected chi connectivity index (χ0v) is 19.2. The summed E-state index contributed by atoms with van der Waals surface area (Å²) in [5, 5.41) is 28.0. The smallest absolute Gasteiger partial charge is 0.283 e. The Hall–Kier alpha value is -4.05. The molecule has 1 amide bonds. The number of hydrogen-bond donors (Lipinski definition) is 1. The Bertz CT molecular complexity index is 1470. The minimum absolute atomic E-state index is 0.0197. The Balaban J connectivity index is 1.57. The number of carbonyl (C=O) groups is 1. The minimum atomic E-state index is -0.487. The van der Waals surface area contributed by atoms with Gasteiger partial charge in [0.05, 0.1) is 17.0 Å². The summed E-state index contributed by atoms with van der Waals surface area (Å²) >= 11 is 1.31. The lowest BCUT2D eigenvalue weighted by molar-refractivity contribution is -0.385. The summed E-state index contributed by atoms with van der Waals surface area (Å²) < 4.78 is 1.91. The van der Waals surface area contributed by atoms with E-state index in [0.29, 0.717) is 17.3 Å². The van der Waals surface area contributed by atoms with Crippen LogP contribution in [-0.2, 0) is 11.3 Å². The van der Waals surface area contributed by atoms with E-state index in [1.54, 1.807) is 24.3 Å². The fourth-order valence-electron chi connectivity index (χ4n) is 3.92. The highest BCUT2D eigenvalue weighted by Gasteiger charge is 2.36. The summed E-state index contributed by atoms with van der Waals surface area (Å²) in [6.45, 7) is 4.29. The van der Waals surface area contributed by atoms with Gasteiger partial charge in [0.2, 0.25) is 5.17 Å². The largest absolute Gasteiger partial charge is 0.342 e. The van der Waals surface area contributed by atoms with Gasteiger partial charge in [0.15, 0.2) is 5.84 Å². The van der Waals surface area contributed by atoms with Crippen molar-refractivity contribution in [1.82, 2.24) is 9.58 Å². The number of benzene rings is 2. The SMILES string of the molecule is CC(C)C1=NN2C(=N)/C(=C/c3cn(Cc4ccccc4[N+](=O)[O-])c4ccccc34)C(=O)N=C2S1. The van der Waals surface area contributed by atoms with Gasteiger partial charge in [0.25, 0.3) is 11.6 Å². The quantitative estimate of drug-likeness (QED) is 0.323. The number of hydrazone groups is 1. The van der Waals surface area contributed by atoms with Gasteiger partial charge in [-0.1, -0.05) is 50.2 Å². The van der Waals surface area contributed by atoms with Crippen molar-refractivity contribution in [3.63, 3.8) is 0 Å². The van der Waals surface area contributed by atoms with Gasteiger partial charge in [-0.15, -0.1) is 0 Å². The molecule has 0 radical (unpaired) electrons. The van der Waals surface area contributed by atoms with Gasteiger partial charge in [0, 0.05) is 40.2 Å². The van der Waals surface area contributed by atoms with Crippen molar-refractivity contribution in [2.45, 2.75) is 20.4 Å². The summed E-state index contributed by atoms with van der Waals surface area (Å²) in [6.07, 6.45) is 3.49. The van der Waals surface area contributed by atoms with E-state index < -0.39 is 5.91 Å². The molecular formula is C24H20N6O3S. The first-order chi connectivity index (χ1) is 16.3. The number of amides is 1. The lowest BCUT2D eigenvalue weighted by atomic mass is 10.1. The van der Waals surface area contributed by atoms with Crippen LogP contribution < -0.4 is 0 Å². The summed E-state index contributed by atoms with van der Waals surface area (Å²) in [5.74, 6) is -0.346. The van der Waals surface area contributed by atoms with E-state index >= 15 is 0 Å². The number of aliphatic imine (C=N–C) groups is 1. The van der Waals surface area contributed by atoms with E-state index in [1.807, 2.05) is 48.9 Å². The summed E-state index contributed by atoms with van der Waals surface area (Å²) in [5.41, 5.74) is 2.36. The van der Waals surface area contributed by atoms with Crippen LogP contribution in [0.25, 0.3) is 17.0 Å². The highest BCUT2D eigenvalue weighted by molar-refractivity contribution is 8.27. The molecule has 0 bridgehead atoms. The number of nitro groups is 1. The Labute approximate surface area is 199 Å². The van der Waals surface area contributed by atoms with Crippen LogP contribution in [0.4, 0.5) is 5.69 Å². The van der Waals surface area contributed by atoms with Crippen molar-refractivity contribution < 1.29 is 9.72 Å². The molecular weight excluding hydrogens is 452 g/mol. The average molecular weight is 473 g/mol. The van der Waals surface area contributed by atoms with Crippen LogP contribution in [0.2, 0.25) is 0 Å². The number of thioether (sulfide) groups is 1. The topological polar surface area (TPSA) is 117 Å². The number of fused-ring (bicyclic) bond motifs is 2. The molecule has 0 spiro atoms. The molecule has 3 heterocycles. The fourth-order valence-corrected chi connectivity index (χ4v) is 4.82. The van der Waals surface area contributed by atoms with Crippen molar-refractivity contribution in [2.75, 3.05) is 0 Å². The van der Waals surface area contributed by atoms with Gasteiger partial charge < -0.3 is 4.57 Å². The number of rotatable bonds is 5. The number of carbonyl (C=O) groups excluding carboxylic acids is 1. The molecule has 0 unspecified atom stereocenters. The standard InChI is InChI=1S/C24H20N6O3S/c1-14(2)23-27-29-21(25)18(22(31)26-24(29)34-23)11-16-13-28(20-10-6-4-8-17(16)20)12-15-7-3-5-9-19(15)30(32)33/h3-11,13-14,25H,12H2,1-2H3/b18-11-,25-21?. The maximum Gasteiger partial charge on any atom is 0.283 e. The van der Waals surface area contributed by atoms with Crippen LogP contribution in [0.15, 0.2) is 70.4 Å². The Kier molecular flexibility index (Phi) is 5.37. The molecule has 9 nitrogen and oxygen atoms in total. The Morgan fingerprint density at radius 2 is 1.91 bits per heavy atom. The van der Waals surface area contributed by atoms with E-state index in [9.17, 15) is 14.9 Å². The fraction of sp³-hybridized carbons (Fsp3) is 0.167. The molecule has 0 fully saturated rings. The van der Waals surface area contributed by atoms with Crippen LogP contribution in [0.1, 0.15) is 25.0 Å². The number of amidine groups is 2. The number of nitro benzene ring substituents is 1. The van der Waals surface area contributed by atoms with E-state index in [-0.39, 0.29) is 27.9 Å². The lowest BCUT2D eigenvalue weighted by Gasteiger charge is -2.20. The van der Waals surface area contributed by atoms with Gasteiger partial charge in [0.1, 0.15) is 5.04 Å². The van der Waals surface area contributed by atoms with Gasteiger partial charge in [-0.3, -0.25) is 20.3 Å². The molecule has 2 aliphatic heterocycles. The molecule has 34 heavy (non-hydrogen) atoms. The molecule has 0 saturated carbocycles. The Morgan fingerprint density at radius 3 is 2.68 bits per heavy atom. The van der Waals surface area contributed by atoms with Crippen LogP contribution >= 0.6 is 11.8 Å². The van der Waals surface area contributed by atoms with Crippen LogP contribution in [-0.4, -0.2) is 36.5 Å². The number of nitrogens with one attached hydrogen (secondary N) is 1. The molecule has 1 aromatic heterocycles. The Morgan fingerprint density at radius 1 is 1.18 bits per heavy atom. The van der Waals surface area contributed by atoms with Crippen molar-refractivity contribution >= 4 is 56.4 Å². The van der Waals surface area contributed by atoms with Crippen LogP contribution in [0.5, 0.6) is 0 Å². The van der Waals surface area contributed by atoms with Gasteiger partial charge in [-0.2, -0.15) is 15.1 Å². The van der Waals surface area contributed by atoms with Crippen molar-refractivity contribution in [3.05, 3.63) is 81.5 Å². The first kappa shape index (κ1) is 21.8. The molecule has 0 saturated heterocycles. The summed E-state index contributed by atoms with van der Waals surface area (Å²) in [4.78, 5) is 28.0. The van der Waals surface area contributed by atoms with Crippen molar-refractivity contribution in [2.24, 2.45) is 16.0 Å². The number of nitrogens with zero attached hydrogens (tertiary/aromatic N) is 5. The first-order valence-electron chi connectivity index (χ1n) is 10.6. The minimum Gasteiger partial charge on any atom is -0.342 e. The summed E-state index contributed by atoms with van der Waals surface area (Å²) in [7, 11) is 0. The second kappa shape index (κ2) is 8.38. The predicted octanol–water partition coefficient (Wildman–Crippen LogP) is 4.87. The third-order valence-corrected chi connectivity index (χ3v) is 6.82. The monoisotopic (exact) mass is 472 g/mol. The van der Waals surface area contributed by atoms with E-state index in [1.165, 1.54) is 22.8 Å². The molecule has 0 aliphatic carbocycles. The van der Waals surface area contributed by atoms with E-state index in [2.05, 4.69) is 10.1 Å². The van der Waals surface area contributed by atoms with Crippen molar-refractivity contribution in [3.8, 4) is 0 Å². The second-order valence-electron chi connectivity index (χ2n) is 8.23. The molecule has 3 aromatic rings. The third kappa shape index (κ3) is 3.71. The molecule has 170 valence electrons. The highest BCUT2D eigenvalue weighted by Crippen LogP contribution is 2.32. The maximum absolute atomic E-state index is 12.8. The first-order valence-corrected chi connectivity index (χ1v) is 11.5. The summed E-state index contributed by atoms with van der Waals surface area (Å²) in [6, 6.07) is 14.3. The van der Waals surface area contributed by atoms with E-state index in [4.69, 9.17) is 5.41 Å². The van der Waals surface area contributed by atoms with Crippen LogP contribution in [0.3, 0.4) is 0 Å². The number of hydrogen-bond acceptors (Lipinski definition) is 6. The van der Waals surface area contributed by atoms with Gasteiger partial charge in [-0.05, 0) is 23.9 Å². The molecule has 10 heteroatoms. The third-order valence-electron chi connectivity index (χ3n) is 5.61. The van der Waals surface area contributed by atoms with Crippen molar-refractivity contribution in [1.29, 1.82) is 5.41 Å². The van der Waals surface area contributed by atoms with Gasteiger partial charge >= 0.3 is 0 Å². The maximum atomic E-state index is 12.8.